The highest BCUT2D eigenvalue weighted by atomic mass is 16.3. The number of nitrogens with zero attached hydrogens (tertiary/aromatic N) is 4. The van der Waals surface area contributed by atoms with Gasteiger partial charge in [-0.3, -0.25) is 9.88 Å². The Morgan fingerprint density at radius 3 is 2.17 bits per heavy atom. The van der Waals surface area contributed by atoms with E-state index in [1.54, 1.807) is 0 Å². The van der Waals surface area contributed by atoms with E-state index in [-0.39, 0.29) is 6.10 Å². The largest absolute Gasteiger partial charge is 0.392 e. The van der Waals surface area contributed by atoms with Gasteiger partial charge in [-0.05, 0) is 69.2 Å². The second kappa shape index (κ2) is 11.2. The average molecular weight is 486 g/mol. The Balaban J connectivity index is 0.00000148. The molecular weight excluding hydrogens is 446 g/mol. The second-order valence-corrected chi connectivity index (χ2v) is 9.57. The summed E-state index contributed by atoms with van der Waals surface area (Å²) in [5.41, 5.74) is 9.06. The fourth-order valence-corrected chi connectivity index (χ4v) is 5.06. The second-order valence-electron chi connectivity index (χ2n) is 9.57. The summed E-state index contributed by atoms with van der Waals surface area (Å²) in [6, 6.07) is 15.2. The number of anilines is 1. The molecule has 1 saturated heterocycles. The van der Waals surface area contributed by atoms with Gasteiger partial charge in [0, 0.05) is 78.0 Å². The molecule has 1 aliphatic heterocycles. The van der Waals surface area contributed by atoms with Crippen molar-refractivity contribution in [2.24, 2.45) is 0 Å². The van der Waals surface area contributed by atoms with Gasteiger partial charge in [0.25, 0.3) is 0 Å². The minimum Gasteiger partial charge on any atom is -0.392 e. The molecule has 6 nitrogen and oxygen atoms in total. The molecular formula is C30H39N5O. The van der Waals surface area contributed by atoms with Gasteiger partial charge in [-0.1, -0.05) is 26.0 Å². The summed E-state index contributed by atoms with van der Waals surface area (Å²) in [5, 5.41) is 10.9. The molecule has 1 atom stereocenters. The summed E-state index contributed by atoms with van der Waals surface area (Å²) in [4.78, 5) is 17.6. The van der Waals surface area contributed by atoms with Gasteiger partial charge in [-0.15, -0.1) is 0 Å². The van der Waals surface area contributed by atoms with E-state index in [0.29, 0.717) is 0 Å². The number of nitrogens with one attached hydrogen (secondary N) is 1. The minimum absolute atomic E-state index is 0.279. The summed E-state index contributed by atoms with van der Waals surface area (Å²) < 4.78 is 0. The molecule has 190 valence electrons. The van der Waals surface area contributed by atoms with Gasteiger partial charge in [-0.2, -0.15) is 0 Å². The van der Waals surface area contributed by atoms with E-state index < -0.39 is 0 Å². The molecule has 0 saturated carbocycles. The number of pyridine rings is 2. The van der Waals surface area contributed by atoms with Crippen molar-refractivity contribution in [1.29, 1.82) is 0 Å². The van der Waals surface area contributed by atoms with Crippen LogP contribution in [0.3, 0.4) is 0 Å². The molecule has 4 heterocycles. The maximum atomic E-state index is 9.62. The van der Waals surface area contributed by atoms with Crippen LogP contribution < -0.4 is 4.90 Å². The molecule has 5 rings (SSSR count). The van der Waals surface area contributed by atoms with Crippen LogP contribution in [0.5, 0.6) is 0 Å². The van der Waals surface area contributed by atoms with Gasteiger partial charge in [0.05, 0.1) is 6.10 Å². The van der Waals surface area contributed by atoms with Crippen molar-refractivity contribution in [2.75, 3.05) is 37.6 Å². The van der Waals surface area contributed by atoms with E-state index in [9.17, 15) is 5.11 Å². The standard InChI is InChI=1S/C28H33N5O.C2H6/c1-18-13-24(14-19(2)30-18)28-21(4)25-7-5-22(15-26(25)31-28)23-6-8-27(29-16-23)33-11-9-32(10-12-33)17-20(3)34;1-2/h5-8,13-16,20,31,34H,9-12,17H2,1-4H3;1-2H3. The maximum Gasteiger partial charge on any atom is 0.128 e. The van der Waals surface area contributed by atoms with Crippen molar-refractivity contribution in [3.63, 3.8) is 0 Å². The molecule has 1 aromatic carbocycles. The third kappa shape index (κ3) is 5.61. The zero-order valence-corrected chi connectivity index (χ0v) is 22.5. The highest BCUT2D eigenvalue weighted by Gasteiger charge is 2.19. The first-order chi connectivity index (χ1) is 17.4. The lowest BCUT2D eigenvalue weighted by Crippen LogP contribution is -2.48. The van der Waals surface area contributed by atoms with Gasteiger partial charge >= 0.3 is 0 Å². The number of H-pyrrole nitrogens is 1. The first-order valence-electron chi connectivity index (χ1n) is 13.1. The SMILES string of the molecule is CC.Cc1cc(-c2[nH]c3cc(-c4ccc(N5CCN(CC(C)O)CC5)nc4)ccc3c2C)cc(C)n1. The fraction of sp³-hybridized carbons (Fsp3) is 0.400. The van der Waals surface area contributed by atoms with Crippen LogP contribution in [0.4, 0.5) is 5.82 Å². The maximum absolute atomic E-state index is 9.62. The van der Waals surface area contributed by atoms with E-state index in [0.717, 1.165) is 72.3 Å². The molecule has 0 aliphatic carbocycles. The Morgan fingerprint density at radius 2 is 1.56 bits per heavy atom. The normalized spacial score (nSPS) is 15.0. The third-order valence-electron chi connectivity index (χ3n) is 6.73. The molecule has 0 radical (unpaired) electrons. The predicted molar refractivity (Wildman–Crippen MR) is 151 cm³/mol. The fourth-order valence-electron chi connectivity index (χ4n) is 5.06. The van der Waals surface area contributed by atoms with E-state index >= 15 is 0 Å². The molecule has 4 aromatic rings. The molecule has 0 amide bonds. The van der Waals surface area contributed by atoms with E-state index in [4.69, 9.17) is 4.98 Å². The first kappa shape index (κ1) is 25.9. The highest BCUT2D eigenvalue weighted by molar-refractivity contribution is 5.93. The van der Waals surface area contributed by atoms with Gasteiger partial charge in [0.1, 0.15) is 5.82 Å². The van der Waals surface area contributed by atoms with Crippen LogP contribution in [-0.2, 0) is 0 Å². The van der Waals surface area contributed by atoms with Gasteiger partial charge in [-0.25, -0.2) is 4.98 Å². The number of β-amino-alcohol motifs (C(OH)–C–C–N with tert-alkyl or cyclic N) is 1. The van der Waals surface area contributed by atoms with E-state index in [1.807, 2.05) is 40.8 Å². The van der Waals surface area contributed by atoms with Crippen LogP contribution in [0.2, 0.25) is 0 Å². The molecule has 1 unspecified atom stereocenters. The van der Waals surface area contributed by atoms with Crippen molar-refractivity contribution in [3.05, 3.63) is 65.6 Å². The van der Waals surface area contributed by atoms with Crippen LogP contribution in [0.15, 0.2) is 48.7 Å². The summed E-state index contributed by atoms with van der Waals surface area (Å²) in [6.07, 6.45) is 1.70. The lowest BCUT2D eigenvalue weighted by atomic mass is 10.0. The number of aryl methyl sites for hydroxylation is 3. The molecule has 36 heavy (non-hydrogen) atoms. The number of benzene rings is 1. The van der Waals surface area contributed by atoms with Gasteiger partial charge in [0.15, 0.2) is 0 Å². The number of hydrogen-bond acceptors (Lipinski definition) is 5. The number of aromatic amines is 1. The minimum atomic E-state index is -0.279. The Morgan fingerprint density at radius 1 is 0.889 bits per heavy atom. The van der Waals surface area contributed by atoms with Crippen molar-refractivity contribution in [3.8, 4) is 22.4 Å². The summed E-state index contributed by atoms with van der Waals surface area (Å²) in [5.74, 6) is 1.02. The van der Waals surface area contributed by atoms with E-state index in [1.165, 1.54) is 16.5 Å². The number of fused-ring (bicyclic) bond motifs is 1. The molecule has 0 bridgehead atoms. The Hall–Kier alpha value is -3.22. The van der Waals surface area contributed by atoms with Crippen LogP contribution in [-0.4, -0.2) is 63.8 Å². The quantitative estimate of drug-likeness (QED) is 0.377. The lowest BCUT2D eigenvalue weighted by Gasteiger charge is -2.35. The smallest absolute Gasteiger partial charge is 0.128 e. The van der Waals surface area contributed by atoms with Crippen LogP contribution >= 0.6 is 0 Å². The number of piperazine rings is 1. The number of hydrogen-bond donors (Lipinski definition) is 2. The first-order valence-corrected chi connectivity index (χ1v) is 13.1. The highest BCUT2D eigenvalue weighted by Crippen LogP contribution is 2.33. The van der Waals surface area contributed by atoms with Gasteiger partial charge in [0.2, 0.25) is 0 Å². The number of aromatic nitrogens is 3. The Bertz CT molecular complexity index is 1280. The van der Waals surface area contributed by atoms with Crippen LogP contribution in [0, 0.1) is 20.8 Å². The zero-order valence-electron chi connectivity index (χ0n) is 22.5. The molecule has 6 heteroatoms. The molecule has 1 aliphatic rings. The lowest BCUT2D eigenvalue weighted by molar-refractivity contribution is 0.122. The molecule has 3 aromatic heterocycles. The van der Waals surface area contributed by atoms with Crippen molar-refractivity contribution in [2.45, 2.75) is 47.6 Å². The van der Waals surface area contributed by atoms with Crippen LogP contribution in [0.25, 0.3) is 33.3 Å². The molecule has 1 fully saturated rings. The Kier molecular flexibility index (Phi) is 8.07. The zero-order chi connectivity index (χ0) is 25.8. The van der Waals surface area contributed by atoms with Crippen molar-refractivity contribution < 1.29 is 5.11 Å². The number of aliphatic hydroxyl groups excluding tert-OH is 1. The van der Waals surface area contributed by atoms with Gasteiger partial charge < -0.3 is 15.0 Å². The van der Waals surface area contributed by atoms with Crippen LogP contribution in [0.1, 0.15) is 37.7 Å². The third-order valence-corrected chi connectivity index (χ3v) is 6.73. The average Bonchev–Trinajstić information content (AvgIpc) is 3.21. The van der Waals surface area contributed by atoms with Crippen molar-refractivity contribution >= 4 is 16.7 Å². The predicted octanol–water partition coefficient (Wildman–Crippen LogP) is 5.75. The monoisotopic (exact) mass is 485 g/mol. The number of aliphatic hydroxyl groups is 1. The summed E-state index contributed by atoms with van der Waals surface area (Å²) >= 11 is 0. The topological polar surface area (TPSA) is 68.3 Å². The van der Waals surface area contributed by atoms with Crippen molar-refractivity contribution in [1.82, 2.24) is 19.9 Å². The summed E-state index contributed by atoms with van der Waals surface area (Å²) in [7, 11) is 0. The van der Waals surface area contributed by atoms with E-state index in [2.05, 4.69) is 69.2 Å². The number of rotatable bonds is 5. The molecule has 0 spiro atoms. The summed E-state index contributed by atoms with van der Waals surface area (Å²) in [6.45, 7) is 16.6. The molecule has 2 N–H and O–H groups in total. The Labute approximate surface area is 215 Å².